The first kappa shape index (κ1) is 11.1. The Bertz CT molecular complexity index is 385. The topological polar surface area (TPSA) is 96.5 Å². The molecule has 1 aromatic carbocycles. The Morgan fingerprint density at radius 3 is 2.60 bits per heavy atom. The highest BCUT2D eigenvalue weighted by Gasteiger charge is 2.09. The number of nitriles is 1. The van der Waals surface area contributed by atoms with Gasteiger partial charge in [0.15, 0.2) is 11.5 Å². The zero-order valence-corrected chi connectivity index (χ0v) is 8.06. The second kappa shape index (κ2) is 5.08. The highest BCUT2D eigenvalue weighted by Crippen LogP contribution is 2.36. The summed E-state index contributed by atoms with van der Waals surface area (Å²) in [5.74, 6) is -1.21. The van der Waals surface area contributed by atoms with Crippen molar-refractivity contribution in [3.05, 3.63) is 17.7 Å². The van der Waals surface area contributed by atoms with Gasteiger partial charge in [0.25, 0.3) is 0 Å². The van der Waals surface area contributed by atoms with Gasteiger partial charge in [-0.25, -0.2) is 0 Å². The lowest BCUT2D eigenvalue weighted by Gasteiger charge is -2.07. The van der Waals surface area contributed by atoms with Gasteiger partial charge in [-0.05, 0) is 6.07 Å². The Morgan fingerprint density at radius 1 is 1.20 bits per heavy atom. The van der Waals surface area contributed by atoms with Crippen LogP contribution in [-0.2, 0) is 6.54 Å². The van der Waals surface area contributed by atoms with E-state index in [1.165, 1.54) is 12.1 Å². The van der Waals surface area contributed by atoms with Crippen LogP contribution in [-0.4, -0.2) is 21.9 Å². The third kappa shape index (κ3) is 2.76. The maximum absolute atomic E-state index is 9.42. The Morgan fingerprint density at radius 2 is 1.93 bits per heavy atom. The summed E-state index contributed by atoms with van der Waals surface area (Å²) in [5.41, 5.74) is 0.475. The lowest BCUT2D eigenvalue weighted by molar-refractivity contribution is 0.364. The first-order valence-electron chi connectivity index (χ1n) is 4.47. The van der Waals surface area contributed by atoms with Crippen molar-refractivity contribution in [2.45, 2.75) is 13.0 Å². The van der Waals surface area contributed by atoms with Crippen molar-refractivity contribution >= 4 is 0 Å². The molecule has 0 atom stereocenters. The number of benzene rings is 1. The molecule has 1 aromatic rings. The lowest BCUT2D eigenvalue weighted by atomic mass is 10.1. The highest BCUT2D eigenvalue weighted by atomic mass is 16.3. The smallest absolute Gasteiger partial charge is 0.200 e. The van der Waals surface area contributed by atoms with E-state index in [1.807, 2.05) is 6.07 Å². The van der Waals surface area contributed by atoms with Crippen LogP contribution in [0.15, 0.2) is 12.1 Å². The van der Waals surface area contributed by atoms with Crippen molar-refractivity contribution in [2.75, 3.05) is 6.54 Å². The molecular formula is C10H12N2O3. The zero-order chi connectivity index (χ0) is 11.3. The predicted octanol–water partition coefficient (Wildman–Crippen LogP) is 0.807. The van der Waals surface area contributed by atoms with Gasteiger partial charge in [0.05, 0.1) is 6.07 Å². The van der Waals surface area contributed by atoms with Gasteiger partial charge in [-0.2, -0.15) is 5.26 Å². The quantitative estimate of drug-likeness (QED) is 0.433. The normalized spacial score (nSPS) is 9.80. The van der Waals surface area contributed by atoms with Crippen molar-refractivity contribution in [1.82, 2.24) is 5.32 Å². The molecule has 5 heteroatoms. The van der Waals surface area contributed by atoms with Crippen molar-refractivity contribution in [2.24, 2.45) is 0 Å². The predicted molar refractivity (Wildman–Crippen MR) is 53.4 cm³/mol. The standard InChI is InChI=1S/C10H12N2O3/c11-4-1-5-12-6-7-2-3-8(13)10(15)9(7)14/h2-3,12-15H,1,5-6H2. The molecule has 0 aliphatic rings. The van der Waals surface area contributed by atoms with Crippen LogP contribution in [0.4, 0.5) is 0 Å². The van der Waals surface area contributed by atoms with Crippen LogP contribution >= 0.6 is 0 Å². The van der Waals surface area contributed by atoms with Crippen LogP contribution in [0.3, 0.4) is 0 Å². The second-order valence-corrected chi connectivity index (χ2v) is 3.03. The van der Waals surface area contributed by atoms with E-state index in [0.717, 1.165) is 0 Å². The monoisotopic (exact) mass is 208 g/mol. The van der Waals surface area contributed by atoms with E-state index in [-0.39, 0.29) is 11.5 Å². The van der Waals surface area contributed by atoms with Crippen molar-refractivity contribution in [1.29, 1.82) is 5.26 Å². The van der Waals surface area contributed by atoms with Gasteiger partial charge in [-0.15, -0.1) is 0 Å². The molecule has 0 heterocycles. The Hall–Kier alpha value is -1.93. The van der Waals surface area contributed by atoms with Gasteiger partial charge < -0.3 is 20.6 Å². The van der Waals surface area contributed by atoms with E-state index in [9.17, 15) is 10.2 Å². The fraction of sp³-hybridized carbons (Fsp3) is 0.300. The highest BCUT2D eigenvalue weighted by molar-refractivity contribution is 5.52. The molecule has 0 aromatic heterocycles. The average Bonchev–Trinajstić information content (AvgIpc) is 2.24. The molecule has 0 saturated heterocycles. The van der Waals surface area contributed by atoms with E-state index < -0.39 is 5.75 Å². The summed E-state index contributed by atoms with van der Waals surface area (Å²) in [4.78, 5) is 0. The molecule has 0 saturated carbocycles. The fourth-order valence-corrected chi connectivity index (χ4v) is 1.12. The first-order valence-corrected chi connectivity index (χ1v) is 4.47. The molecule has 0 radical (unpaired) electrons. The number of nitrogens with one attached hydrogen (secondary N) is 1. The molecule has 4 N–H and O–H groups in total. The van der Waals surface area contributed by atoms with Crippen LogP contribution in [0.1, 0.15) is 12.0 Å². The maximum Gasteiger partial charge on any atom is 0.200 e. The second-order valence-electron chi connectivity index (χ2n) is 3.03. The Labute approximate surface area is 87.2 Å². The first-order chi connectivity index (χ1) is 7.16. The minimum atomic E-state index is -0.519. The number of rotatable bonds is 4. The van der Waals surface area contributed by atoms with E-state index in [4.69, 9.17) is 10.4 Å². The summed E-state index contributed by atoms with van der Waals surface area (Å²) in [5, 5.41) is 38.9. The minimum Gasteiger partial charge on any atom is -0.504 e. The number of phenols is 3. The molecule has 80 valence electrons. The van der Waals surface area contributed by atoms with E-state index in [1.54, 1.807) is 0 Å². The van der Waals surface area contributed by atoms with Crippen LogP contribution in [0.2, 0.25) is 0 Å². The summed E-state index contributed by atoms with van der Waals surface area (Å²) >= 11 is 0. The zero-order valence-electron chi connectivity index (χ0n) is 8.06. The van der Waals surface area contributed by atoms with E-state index in [0.29, 0.717) is 25.1 Å². The molecular weight excluding hydrogens is 196 g/mol. The van der Waals surface area contributed by atoms with Gasteiger partial charge in [0, 0.05) is 25.1 Å². The summed E-state index contributed by atoms with van der Waals surface area (Å²) in [7, 11) is 0. The number of aromatic hydroxyl groups is 3. The van der Waals surface area contributed by atoms with Crippen LogP contribution in [0, 0.1) is 11.3 Å². The van der Waals surface area contributed by atoms with Gasteiger partial charge >= 0.3 is 0 Å². The number of phenolic OH excluding ortho intramolecular Hbond substituents is 3. The van der Waals surface area contributed by atoms with Gasteiger partial charge in [-0.1, -0.05) is 6.07 Å². The van der Waals surface area contributed by atoms with E-state index >= 15 is 0 Å². The van der Waals surface area contributed by atoms with E-state index in [2.05, 4.69) is 5.32 Å². The third-order valence-electron chi connectivity index (χ3n) is 1.94. The third-order valence-corrected chi connectivity index (χ3v) is 1.94. The summed E-state index contributed by atoms with van der Waals surface area (Å²) in [6.45, 7) is 0.846. The van der Waals surface area contributed by atoms with Crippen molar-refractivity contribution < 1.29 is 15.3 Å². The van der Waals surface area contributed by atoms with Gasteiger partial charge in [0.1, 0.15) is 0 Å². The van der Waals surface area contributed by atoms with Crippen molar-refractivity contribution in [3.8, 4) is 23.3 Å². The van der Waals surface area contributed by atoms with Crippen molar-refractivity contribution in [3.63, 3.8) is 0 Å². The number of nitrogens with zero attached hydrogens (tertiary/aromatic N) is 1. The Balaban J connectivity index is 2.63. The molecule has 0 unspecified atom stereocenters. The summed E-state index contributed by atoms with van der Waals surface area (Å²) in [6, 6.07) is 4.78. The molecule has 0 aliphatic heterocycles. The SMILES string of the molecule is N#CCCNCc1ccc(O)c(O)c1O. The number of hydrogen-bond donors (Lipinski definition) is 4. The minimum absolute atomic E-state index is 0.334. The van der Waals surface area contributed by atoms with Crippen LogP contribution in [0.25, 0.3) is 0 Å². The fourth-order valence-electron chi connectivity index (χ4n) is 1.12. The molecule has 15 heavy (non-hydrogen) atoms. The van der Waals surface area contributed by atoms with Gasteiger partial charge in [-0.3, -0.25) is 0 Å². The molecule has 1 rings (SSSR count). The summed E-state index contributed by atoms with van der Waals surface area (Å²) in [6.07, 6.45) is 0.380. The Kier molecular flexibility index (Phi) is 3.77. The molecule has 0 amide bonds. The number of hydrogen-bond acceptors (Lipinski definition) is 5. The lowest BCUT2D eigenvalue weighted by Crippen LogP contribution is -2.14. The molecule has 0 spiro atoms. The van der Waals surface area contributed by atoms with Gasteiger partial charge in [0.2, 0.25) is 5.75 Å². The molecule has 0 bridgehead atoms. The maximum atomic E-state index is 9.42. The van der Waals surface area contributed by atoms with Crippen LogP contribution < -0.4 is 5.32 Å². The molecule has 5 nitrogen and oxygen atoms in total. The van der Waals surface area contributed by atoms with Crippen LogP contribution in [0.5, 0.6) is 17.2 Å². The molecule has 0 aliphatic carbocycles. The molecule has 0 fully saturated rings. The largest absolute Gasteiger partial charge is 0.504 e. The summed E-state index contributed by atoms with van der Waals surface area (Å²) < 4.78 is 0. The average molecular weight is 208 g/mol.